The first-order valence-electron chi connectivity index (χ1n) is 34.2. The Morgan fingerprint density at radius 1 is 0.253 bits per heavy atom. The summed E-state index contributed by atoms with van der Waals surface area (Å²) in [5.74, 6) is -0.833. The number of carbonyl (C=O) groups is 3. The number of hydrogen-bond donors (Lipinski definition) is 0. The van der Waals surface area contributed by atoms with Crippen molar-refractivity contribution in [2.75, 3.05) is 13.2 Å². The molecule has 0 aliphatic carbocycles. The third-order valence-corrected chi connectivity index (χ3v) is 15.8. The Bertz CT molecular complexity index is 1170. The van der Waals surface area contributed by atoms with Crippen LogP contribution < -0.4 is 0 Å². The maximum Gasteiger partial charge on any atom is 0.306 e. The van der Waals surface area contributed by atoms with Crippen LogP contribution in [0.25, 0.3) is 0 Å². The lowest BCUT2D eigenvalue weighted by atomic mass is 10.0. The van der Waals surface area contributed by atoms with E-state index in [-0.39, 0.29) is 31.1 Å². The molecule has 0 amide bonds. The van der Waals surface area contributed by atoms with Gasteiger partial charge in [0.2, 0.25) is 0 Å². The van der Waals surface area contributed by atoms with Crippen molar-refractivity contribution in [3.8, 4) is 0 Å². The van der Waals surface area contributed by atoms with E-state index >= 15 is 0 Å². The second-order valence-electron chi connectivity index (χ2n) is 23.5. The largest absolute Gasteiger partial charge is 0.462 e. The van der Waals surface area contributed by atoms with Crippen LogP contribution in [0, 0.1) is 0 Å². The Kier molecular flexibility index (Phi) is 63.1. The van der Waals surface area contributed by atoms with Crippen molar-refractivity contribution in [3.63, 3.8) is 0 Å². The number of rotatable bonds is 64. The van der Waals surface area contributed by atoms with Crippen molar-refractivity contribution >= 4 is 17.9 Å². The lowest BCUT2D eigenvalue weighted by Crippen LogP contribution is -2.30. The van der Waals surface area contributed by atoms with Crippen molar-refractivity contribution in [1.29, 1.82) is 0 Å². The maximum atomic E-state index is 12.9. The van der Waals surface area contributed by atoms with E-state index in [0.717, 1.165) is 57.8 Å². The highest BCUT2D eigenvalue weighted by Gasteiger charge is 2.19. The standard InChI is InChI=1S/C69H132O6/c1-4-7-10-13-16-19-22-25-28-31-33-34-36-38-41-44-47-50-53-56-59-62-68(71)74-65-66(64-73-67(70)61-58-55-52-49-46-43-40-37-30-27-24-21-18-15-12-9-6-3)75-69(72)63-60-57-54-51-48-45-42-39-35-32-29-26-23-20-17-14-11-8-5-2/h27,30,66H,4-26,28-29,31-65H2,1-3H3/b30-27-. The van der Waals surface area contributed by atoms with Gasteiger partial charge in [0.1, 0.15) is 13.2 Å². The average molecular weight is 1060 g/mol. The van der Waals surface area contributed by atoms with Crippen LogP contribution in [-0.4, -0.2) is 37.2 Å². The molecule has 0 saturated carbocycles. The zero-order valence-corrected chi connectivity index (χ0v) is 51.1. The summed E-state index contributed by atoms with van der Waals surface area (Å²) in [6, 6.07) is 0. The minimum Gasteiger partial charge on any atom is -0.462 e. The van der Waals surface area contributed by atoms with Crippen LogP contribution in [0.3, 0.4) is 0 Å². The number of hydrogen-bond acceptors (Lipinski definition) is 6. The highest BCUT2D eigenvalue weighted by atomic mass is 16.6. The van der Waals surface area contributed by atoms with Crippen molar-refractivity contribution in [1.82, 2.24) is 0 Å². The zero-order valence-electron chi connectivity index (χ0n) is 51.1. The van der Waals surface area contributed by atoms with Crippen LogP contribution in [0.2, 0.25) is 0 Å². The molecule has 0 aromatic carbocycles. The monoisotopic (exact) mass is 1060 g/mol. The smallest absolute Gasteiger partial charge is 0.306 e. The topological polar surface area (TPSA) is 78.9 Å². The first-order valence-corrected chi connectivity index (χ1v) is 34.2. The van der Waals surface area contributed by atoms with Crippen LogP contribution in [0.1, 0.15) is 393 Å². The van der Waals surface area contributed by atoms with Gasteiger partial charge in [-0.25, -0.2) is 0 Å². The van der Waals surface area contributed by atoms with Gasteiger partial charge in [-0.05, 0) is 44.9 Å². The summed E-state index contributed by atoms with van der Waals surface area (Å²) in [4.78, 5) is 38.4. The van der Waals surface area contributed by atoms with E-state index in [2.05, 4.69) is 32.9 Å². The summed E-state index contributed by atoms with van der Waals surface area (Å²) in [6.07, 6.45) is 76.5. The third-order valence-electron chi connectivity index (χ3n) is 15.8. The summed E-state index contributed by atoms with van der Waals surface area (Å²) >= 11 is 0. The van der Waals surface area contributed by atoms with Crippen LogP contribution in [0.5, 0.6) is 0 Å². The molecular formula is C69H132O6. The van der Waals surface area contributed by atoms with Crippen molar-refractivity contribution in [2.24, 2.45) is 0 Å². The van der Waals surface area contributed by atoms with Gasteiger partial charge in [0.15, 0.2) is 6.10 Å². The summed E-state index contributed by atoms with van der Waals surface area (Å²) in [5.41, 5.74) is 0. The molecule has 0 spiro atoms. The number of allylic oxidation sites excluding steroid dienone is 2. The molecule has 0 N–H and O–H groups in total. The average Bonchev–Trinajstić information content (AvgIpc) is 3.41. The molecule has 6 heteroatoms. The molecule has 6 nitrogen and oxygen atoms in total. The maximum absolute atomic E-state index is 12.9. The van der Waals surface area contributed by atoms with Gasteiger partial charge in [-0.2, -0.15) is 0 Å². The van der Waals surface area contributed by atoms with E-state index in [4.69, 9.17) is 14.2 Å². The minimum absolute atomic E-state index is 0.0643. The molecule has 75 heavy (non-hydrogen) atoms. The van der Waals surface area contributed by atoms with Gasteiger partial charge in [0.05, 0.1) is 0 Å². The lowest BCUT2D eigenvalue weighted by Gasteiger charge is -2.18. The Hall–Kier alpha value is -1.85. The predicted molar refractivity (Wildman–Crippen MR) is 326 cm³/mol. The summed E-state index contributed by atoms with van der Waals surface area (Å²) < 4.78 is 17.0. The molecule has 0 aliphatic heterocycles. The fourth-order valence-corrected chi connectivity index (χ4v) is 10.6. The lowest BCUT2D eigenvalue weighted by molar-refractivity contribution is -0.167. The molecule has 0 aliphatic rings. The third kappa shape index (κ3) is 62.9. The Morgan fingerprint density at radius 3 is 0.667 bits per heavy atom. The molecule has 0 rings (SSSR count). The van der Waals surface area contributed by atoms with E-state index in [1.807, 2.05) is 0 Å². The second-order valence-corrected chi connectivity index (χ2v) is 23.5. The molecule has 0 heterocycles. The van der Waals surface area contributed by atoms with Crippen LogP contribution >= 0.6 is 0 Å². The van der Waals surface area contributed by atoms with Gasteiger partial charge in [0.25, 0.3) is 0 Å². The minimum atomic E-state index is -0.768. The first kappa shape index (κ1) is 73.2. The molecular weight excluding hydrogens is 925 g/mol. The van der Waals surface area contributed by atoms with Gasteiger partial charge in [-0.1, -0.05) is 341 Å². The predicted octanol–water partition coefficient (Wildman–Crippen LogP) is 23.2. The molecule has 1 atom stereocenters. The van der Waals surface area contributed by atoms with Crippen LogP contribution in [0.4, 0.5) is 0 Å². The molecule has 444 valence electrons. The normalized spacial score (nSPS) is 12.0. The Balaban J connectivity index is 4.28. The molecule has 0 aromatic heterocycles. The molecule has 0 radical (unpaired) electrons. The fraction of sp³-hybridized carbons (Fsp3) is 0.928. The highest BCUT2D eigenvalue weighted by Crippen LogP contribution is 2.19. The summed E-state index contributed by atoms with van der Waals surface area (Å²) in [7, 11) is 0. The summed E-state index contributed by atoms with van der Waals surface area (Å²) in [6.45, 7) is 6.72. The quantitative estimate of drug-likeness (QED) is 0.0261. The summed E-state index contributed by atoms with van der Waals surface area (Å²) in [5, 5.41) is 0. The van der Waals surface area contributed by atoms with Gasteiger partial charge < -0.3 is 14.2 Å². The second kappa shape index (κ2) is 64.7. The number of carbonyl (C=O) groups excluding carboxylic acids is 3. The van der Waals surface area contributed by atoms with E-state index in [1.165, 1.54) is 295 Å². The molecule has 0 fully saturated rings. The number of esters is 3. The Labute approximate surface area is 469 Å². The zero-order chi connectivity index (χ0) is 54.3. The molecule has 0 bridgehead atoms. The molecule has 1 unspecified atom stereocenters. The van der Waals surface area contributed by atoms with E-state index < -0.39 is 6.10 Å². The van der Waals surface area contributed by atoms with Crippen LogP contribution in [-0.2, 0) is 28.6 Å². The van der Waals surface area contributed by atoms with E-state index in [0.29, 0.717) is 19.3 Å². The number of ether oxygens (including phenoxy) is 3. The van der Waals surface area contributed by atoms with Gasteiger partial charge in [-0.15, -0.1) is 0 Å². The van der Waals surface area contributed by atoms with Gasteiger partial charge >= 0.3 is 17.9 Å². The van der Waals surface area contributed by atoms with E-state index in [1.54, 1.807) is 0 Å². The van der Waals surface area contributed by atoms with Crippen molar-refractivity contribution in [3.05, 3.63) is 12.2 Å². The molecule has 0 saturated heterocycles. The first-order chi connectivity index (χ1) is 37.0. The van der Waals surface area contributed by atoms with Crippen molar-refractivity contribution in [2.45, 2.75) is 399 Å². The van der Waals surface area contributed by atoms with Gasteiger partial charge in [-0.3, -0.25) is 14.4 Å². The fourth-order valence-electron chi connectivity index (χ4n) is 10.6. The van der Waals surface area contributed by atoms with Gasteiger partial charge in [0, 0.05) is 19.3 Å². The van der Waals surface area contributed by atoms with Crippen molar-refractivity contribution < 1.29 is 28.6 Å². The Morgan fingerprint density at radius 2 is 0.440 bits per heavy atom. The number of unbranched alkanes of at least 4 members (excludes halogenated alkanes) is 51. The highest BCUT2D eigenvalue weighted by molar-refractivity contribution is 5.71. The van der Waals surface area contributed by atoms with Crippen LogP contribution in [0.15, 0.2) is 12.2 Å². The molecule has 0 aromatic rings. The van der Waals surface area contributed by atoms with E-state index in [9.17, 15) is 14.4 Å². The SMILES string of the molecule is CCCCCCCC/C=C\CCCCCCCCCC(=O)OCC(COC(=O)CCCCCCCCCCCCCCCCCCCCCCC)OC(=O)CCCCCCCCCCCCCCCCCCCCC.